The summed E-state index contributed by atoms with van der Waals surface area (Å²) in [5, 5.41) is 6.04. The molecule has 0 bridgehead atoms. The van der Waals surface area contributed by atoms with Crippen LogP contribution in [-0.4, -0.2) is 63.7 Å². The van der Waals surface area contributed by atoms with E-state index < -0.39 is 35.1 Å². The number of pyridine rings is 1. The maximum atomic E-state index is 12.7. The number of amides is 2. The molecule has 2 amide bonds. The second-order valence-electron chi connectivity index (χ2n) is 9.48. The number of aromatic nitrogens is 1. The summed E-state index contributed by atoms with van der Waals surface area (Å²) in [5.41, 5.74) is 0.366. The first-order chi connectivity index (χ1) is 19.7. The van der Waals surface area contributed by atoms with Gasteiger partial charge in [-0.05, 0) is 68.0 Å². The molecule has 2 atom stereocenters. The van der Waals surface area contributed by atoms with Crippen LogP contribution in [0.25, 0.3) is 0 Å². The van der Waals surface area contributed by atoms with Crippen molar-refractivity contribution in [3.8, 4) is 0 Å². The van der Waals surface area contributed by atoms with E-state index in [-0.39, 0.29) is 43.2 Å². The Morgan fingerprint density at radius 3 is 2.33 bits per heavy atom. The topological polar surface area (TPSA) is 118 Å². The number of alkyl halides is 3. The summed E-state index contributed by atoms with van der Waals surface area (Å²) in [6.07, 6.45) is -3.35. The molecule has 1 heterocycles. The Bertz CT molecular complexity index is 1410. The predicted octanol–water partition coefficient (Wildman–Crippen LogP) is 4.23. The smallest absolute Gasteiger partial charge is 0.433 e. The van der Waals surface area contributed by atoms with Crippen LogP contribution in [0.1, 0.15) is 27.2 Å². The first-order valence-electron chi connectivity index (χ1n) is 12.4. The third-order valence-electron chi connectivity index (χ3n) is 5.87. The van der Waals surface area contributed by atoms with Crippen molar-refractivity contribution in [3.63, 3.8) is 0 Å². The number of nitrogens with one attached hydrogen (secondary N) is 2. The third kappa shape index (κ3) is 9.66. The number of rotatable bonds is 12. The van der Waals surface area contributed by atoms with Crippen LogP contribution >= 0.6 is 23.2 Å². The van der Waals surface area contributed by atoms with Crippen molar-refractivity contribution >= 4 is 52.0 Å². The molecule has 3 rings (SSSR count). The van der Waals surface area contributed by atoms with Crippen molar-refractivity contribution in [2.45, 2.75) is 25.2 Å². The largest absolute Gasteiger partial charge is 0.755 e. The molecule has 0 saturated carbocycles. The molecule has 2 aromatic carbocycles. The molecule has 3 aromatic rings. The molecule has 226 valence electrons. The summed E-state index contributed by atoms with van der Waals surface area (Å²) in [6, 6.07) is 12.1. The fraction of sp³-hybridized carbons (Fsp3) is 0.296. The number of carbonyl (C=O) groups is 2. The Morgan fingerprint density at radius 1 is 1.07 bits per heavy atom. The Morgan fingerprint density at radius 2 is 1.76 bits per heavy atom. The maximum absolute atomic E-state index is 12.7. The average molecular weight is 646 g/mol. The van der Waals surface area contributed by atoms with Crippen molar-refractivity contribution in [1.82, 2.24) is 20.5 Å². The van der Waals surface area contributed by atoms with Gasteiger partial charge in [0, 0.05) is 35.3 Å². The number of likely N-dealkylation sites (N-methyl/N-ethyl adjacent to an activating group) is 1. The Hall–Kier alpha value is -3.23. The van der Waals surface area contributed by atoms with Crippen molar-refractivity contribution in [2.24, 2.45) is 0 Å². The van der Waals surface area contributed by atoms with Gasteiger partial charge in [-0.3, -0.25) is 18.8 Å². The van der Waals surface area contributed by atoms with E-state index in [0.717, 1.165) is 16.6 Å². The highest BCUT2D eigenvalue weighted by Gasteiger charge is 2.32. The van der Waals surface area contributed by atoms with Gasteiger partial charge < -0.3 is 24.4 Å². The van der Waals surface area contributed by atoms with Crippen molar-refractivity contribution in [1.29, 1.82) is 0 Å². The molecule has 0 fully saturated rings. The Labute approximate surface area is 253 Å². The molecule has 0 radical (unpaired) electrons. The van der Waals surface area contributed by atoms with Crippen LogP contribution in [0.4, 0.5) is 18.9 Å². The van der Waals surface area contributed by atoms with Crippen LogP contribution in [0, 0.1) is 0 Å². The van der Waals surface area contributed by atoms with E-state index in [1.807, 2.05) is 0 Å². The molecule has 2 N–H and O–H groups in total. The quantitative estimate of drug-likeness (QED) is 0.285. The highest BCUT2D eigenvalue weighted by Crippen LogP contribution is 2.28. The van der Waals surface area contributed by atoms with Crippen molar-refractivity contribution in [3.05, 3.63) is 93.2 Å². The zero-order chi connectivity index (χ0) is 31.0. The number of carbonyl (C=O) groups excluding carboxylic acids is 2. The first-order valence-corrected chi connectivity index (χ1v) is 14.2. The second kappa shape index (κ2) is 14.8. The molecule has 0 saturated heterocycles. The molecule has 0 aliphatic rings. The SMILES string of the molecule is CN(C)CC(=O)NC(Cc1cccc(Cl)c1Cl)CN(c1ccc(C(=O)NCc2ccc(C(F)(F)F)nc2)cc1)S(=O)[O-]. The van der Waals surface area contributed by atoms with Gasteiger partial charge in [-0.25, -0.2) is 0 Å². The molecule has 15 heteroatoms. The first kappa shape index (κ1) is 33.3. The minimum absolute atomic E-state index is 0.0667. The highest BCUT2D eigenvalue weighted by molar-refractivity contribution is 7.80. The number of anilines is 1. The minimum atomic E-state index is -4.56. The van der Waals surface area contributed by atoms with Crippen LogP contribution < -0.4 is 14.9 Å². The lowest BCUT2D eigenvalue weighted by molar-refractivity contribution is -0.141. The third-order valence-corrected chi connectivity index (χ3v) is 7.45. The fourth-order valence-electron chi connectivity index (χ4n) is 3.91. The van der Waals surface area contributed by atoms with Crippen molar-refractivity contribution in [2.75, 3.05) is 31.5 Å². The molecule has 1 aromatic heterocycles. The van der Waals surface area contributed by atoms with Gasteiger partial charge in [0.2, 0.25) is 5.91 Å². The molecule has 0 spiro atoms. The van der Waals surface area contributed by atoms with Crippen LogP contribution in [0.3, 0.4) is 0 Å². The van der Waals surface area contributed by atoms with Crippen LogP contribution in [0.5, 0.6) is 0 Å². The fourth-order valence-corrected chi connectivity index (χ4v) is 4.90. The van der Waals surface area contributed by atoms with Gasteiger partial charge in [-0.2, -0.15) is 13.2 Å². The summed E-state index contributed by atoms with van der Waals surface area (Å²) < 4.78 is 63.6. The van der Waals surface area contributed by atoms with Gasteiger partial charge in [0.1, 0.15) is 5.69 Å². The standard InChI is InChI=1S/C27H28Cl2F3N5O4S/c1-36(2)16-24(38)35-20(12-19-4-3-5-22(28)25(19)29)15-37(42(40)41)21-9-7-18(8-10-21)26(39)34-14-17-6-11-23(33-13-17)27(30,31)32/h3-11,13,20H,12,14-16H2,1-2H3,(H,34,39)(H,35,38)(H,40,41)/p-1. The molecule has 42 heavy (non-hydrogen) atoms. The molecule has 9 nitrogen and oxygen atoms in total. The van der Waals surface area contributed by atoms with E-state index in [4.69, 9.17) is 23.2 Å². The van der Waals surface area contributed by atoms with E-state index in [9.17, 15) is 31.5 Å². The Kier molecular flexibility index (Phi) is 11.7. The summed E-state index contributed by atoms with van der Waals surface area (Å²) in [5.74, 6) is -0.851. The molecular weight excluding hydrogens is 618 g/mol. The van der Waals surface area contributed by atoms with Crippen LogP contribution in [-0.2, 0) is 35.2 Å². The van der Waals surface area contributed by atoms with E-state index >= 15 is 0 Å². The van der Waals surface area contributed by atoms with E-state index in [1.165, 1.54) is 30.3 Å². The number of halogens is 5. The zero-order valence-electron chi connectivity index (χ0n) is 22.5. The second-order valence-corrected chi connectivity index (χ2v) is 11.1. The maximum Gasteiger partial charge on any atom is 0.433 e. The predicted molar refractivity (Wildman–Crippen MR) is 154 cm³/mol. The van der Waals surface area contributed by atoms with Gasteiger partial charge in [0.15, 0.2) is 0 Å². The van der Waals surface area contributed by atoms with E-state index in [0.29, 0.717) is 21.2 Å². The van der Waals surface area contributed by atoms with Gasteiger partial charge in [-0.15, -0.1) is 0 Å². The zero-order valence-corrected chi connectivity index (χ0v) is 24.8. The molecule has 0 aliphatic heterocycles. The highest BCUT2D eigenvalue weighted by atomic mass is 35.5. The number of benzene rings is 2. The number of hydrogen-bond acceptors (Lipinski definition) is 6. The summed E-state index contributed by atoms with van der Waals surface area (Å²) in [4.78, 5) is 30.2. The number of nitrogens with zero attached hydrogens (tertiary/aromatic N) is 3. The molecule has 0 aliphatic carbocycles. The van der Waals surface area contributed by atoms with Crippen LogP contribution in [0.15, 0.2) is 60.8 Å². The lowest BCUT2D eigenvalue weighted by Gasteiger charge is -2.31. The van der Waals surface area contributed by atoms with E-state index in [1.54, 1.807) is 37.2 Å². The van der Waals surface area contributed by atoms with Crippen molar-refractivity contribution < 1.29 is 31.5 Å². The lowest BCUT2D eigenvalue weighted by Crippen LogP contribution is -2.48. The van der Waals surface area contributed by atoms with Gasteiger partial charge in [-0.1, -0.05) is 41.4 Å². The average Bonchev–Trinajstić information content (AvgIpc) is 2.92. The minimum Gasteiger partial charge on any atom is -0.755 e. The summed E-state index contributed by atoms with van der Waals surface area (Å²) in [7, 11) is 3.44. The molecule has 2 unspecified atom stereocenters. The van der Waals surface area contributed by atoms with Gasteiger partial charge >= 0.3 is 6.18 Å². The number of hydrogen-bond donors (Lipinski definition) is 2. The van der Waals surface area contributed by atoms with E-state index in [2.05, 4.69) is 15.6 Å². The van der Waals surface area contributed by atoms with Crippen LogP contribution in [0.2, 0.25) is 10.0 Å². The lowest BCUT2D eigenvalue weighted by atomic mass is 10.1. The van der Waals surface area contributed by atoms with Gasteiger partial charge in [0.25, 0.3) is 5.91 Å². The van der Waals surface area contributed by atoms with Gasteiger partial charge in [0.05, 0.1) is 29.2 Å². The molecular formula is C27H27Cl2F3N5O4S-. The summed E-state index contributed by atoms with van der Waals surface area (Å²) >= 11 is 9.72. The Balaban J connectivity index is 1.73. The normalized spacial score (nSPS) is 13.0. The summed E-state index contributed by atoms with van der Waals surface area (Å²) in [6.45, 7) is -0.139. The monoisotopic (exact) mass is 644 g/mol.